The summed E-state index contributed by atoms with van der Waals surface area (Å²) in [7, 11) is 0. The SMILES string of the molecule is CCc1cccc(C)c1Nc1ncnc2sc(C(=O)OCC(C)C)c(C)c12. The van der Waals surface area contributed by atoms with Crippen LogP contribution in [0.5, 0.6) is 0 Å². The van der Waals surface area contributed by atoms with Crippen LogP contribution in [0.4, 0.5) is 11.5 Å². The summed E-state index contributed by atoms with van der Waals surface area (Å²) in [4.78, 5) is 22.7. The van der Waals surface area contributed by atoms with E-state index in [-0.39, 0.29) is 5.97 Å². The highest BCUT2D eigenvalue weighted by atomic mass is 32.1. The summed E-state index contributed by atoms with van der Waals surface area (Å²) < 4.78 is 5.42. The summed E-state index contributed by atoms with van der Waals surface area (Å²) in [6.45, 7) is 10.6. The highest BCUT2D eigenvalue weighted by molar-refractivity contribution is 7.20. The Balaban J connectivity index is 2.02. The minimum atomic E-state index is -0.291. The van der Waals surface area contributed by atoms with Crippen LogP contribution in [0, 0.1) is 19.8 Å². The number of rotatable bonds is 6. The Labute approximate surface area is 163 Å². The smallest absolute Gasteiger partial charge is 0.348 e. The molecular formula is C21H25N3O2S. The molecule has 0 saturated carbocycles. The Kier molecular flexibility index (Phi) is 5.75. The molecule has 0 spiro atoms. The van der Waals surface area contributed by atoms with Crippen molar-refractivity contribution in [2.24, 2.45) is 5.92 Å². The number of aryl methyl sites for hydroxylation is 3. The molecule has 0 fully saturated rings. The average Bonchev–Trinajstić information content (AvgIpc) is 2.99. The Morgan fingerprint density at radius 2 is 2.04 bits per heavy atom. The molecule has 0 amide bonds. The Bertz CT molecular complexity index is 979. The zero-order valence-electron chi connectivity index (χ0n) is 16.4. The lowest BCUT2D eigenvalue weighted by Gasteiger charge is -2.14. The van der Waals surface area contributed by atoms with Crippen molar-refractivity contribution in [1.29, 1.82) is 0 Å². The standard InChI is InChI=1S/C21H25N3O2S/c1-6-15-9-7-8-13(4)17(15)24-19-16-14(5)18(21(25)26-10-12(2)3)27-20(16)23-11-22-19/h7-9,11-12H,6,10H2,1-5H3,(H,22,23,24). The number of benzene rings is 1. The van der Waals surface area contributed by atoms with Crippen LogP contribution < -0.4 is 5.32 Å². The molecular weight excluding hydrogens is 358 g/mol. The molecule has 3 aromatic rings. The molecule has 6 heteroatoms. The molecule has 1 aromatic carbocycles. The molecule has 0 aliphatic carbocycles. The van der Waals surface area contributed by atoms with Crippen molar-refractivity contribution in [2.45, 2.75) is 41.0 Å². The maximum absolute atomic E-state index is 12.5. The Morgan fingerprint density at radius 1 is 1.26 bits per heavy atom. The third-order valence-corrected chi connectivity index (χ3v) is 5.62. The zero-order chi connectivity index (χ0) is 19.6. The van der Waals surface area contributed by atoms with E-state index in [1.807, 2.05) is 20.8 Å². The Hall–Kier alpha value is -2.47. The van der Waals surface area contributed by atoms with Crippen LogP contribution in [-0.2, 0) is 11.2 Å². The number of para-hydroxylation sites is 1. The molecule has 27 heavy (non-hydrogen) atoms. The zero-order valence-corrected chi connectivity index (χ0v) is 17.2. The van der Waals surface area contributed by atoms with Crippen molar-refractivity contribution in [1.82, 2.24) is 9.97 Å². The monoisotopic (exact) mass is 383 g/mol. The number of hydrogen-bond acceptors (Lipinski definition) is 6. The molecule has 2 heterocycles. The fourth-order valence-corrected chi connectivity index (χ4v) is 4.03. The third-order valence-electron chi connectivity index (χ3n) is 4.44. The largest absolute Gasteiger partial charge is 0.461 e. The molecule has 0 unspecified atom stereocenters. The number of ether oxygens (including phenoxy) is 1. The second-order valence-corrected chi connectivity index (χ2v) is 8.04. The van der Waals surface area contributed by atoms with Gasteiger partial charge in [0.05, 0.1) is 12.0 Å². The van der Waals surface area contributed by atoms with Gasteiger partial charge in [-0.05, 0) is 42.9 Å². The number of thiophene rings is 1. The minimum Gasteiger partial charge on any atom is -0.461 e. The van der Waals surface area contributed by atoms with Gasteiger partial charge in [-0.2, -0.15) is 0 Å². The predicted octanol–water partition coefficient (Wildman–Crippen LogP) is 5.43. The van der Waals surface area contributed by atoms with Crippen molar-refractivity contribution >= 4 is 39.0 Å². The first-order valence-corrected chi connectivity index (χ1v) is 10.0. The predicted molar refractivity (Wildman–Crippen MR) is 111 cm³/mol. The van der Waals surface area contributed by atoms with Crippen LogP contribution in [0.25, 0.3) is 10.2 Å². The maximum atomic E-state index is 12.5. The van der Waals surface area contributed by atoms with E-state index < -0.39 is 0 Å². The van der Waals surface area contributed by atoms with Gasteiger partial charge in [-0.15, -0.1) is 11.3 Å². The van der Waals surface area contributed by atoms with Gasteiger partial charge in [-0.3, -0.25) is 0 Å². The molecule has 0 aliphatic rings. The van der Waals surface area contributed by atoms with Crippen LogP contribution in [0.1, 0.15) is 47.1 Å². The number of carbonyl (C=O) groups is 1. The highest BCUT2D eigenvalue weighted by Crippen LogP contribution is 2.36. The number of esters is 1. The lowest BCUT2D eigenvalue weighted by Crippen LogP contribution is -2.09. The highest BCUT2D eigenvalue weighted by Gasteiger charge is 2.21. The van der Waals surface area contributed by atoms with Crippen LogP contribution in [0.3, 0.4) is 0 Å². The quantitative estimate of drug-likeness (QED) is 0.575. The first kappa shape index (κ1) is 19.3. The van der Waals surface area contributed by atoms with E-state index in [1.54, 1.807) is 0 Å². The summed E-state index contributed by atoms with van der Waals surface area (Å²) in [5.74, 6) is 0.732. The van der Waals surface area contributed by atoms with Gasteiger partial charge in [0.25, 0.3) is 0 Å². The van der Waals surface area contributed by atoms with Gasteiger partial charge in [0.2, 0.25) is 0 Å². The number of anilines is 2. The molecule has 0 radical (unpaired) electrons. The van der Waals surface area contributed by atoms with E-state index in [0.717, 1.165) is 39.3 Å². The normalized spacial score (nSPS) is 11.2. The van der Waals surface area contributed by atoms with Gasteiger partial charge in [-0.25, -0.2) is 14.8 Å². The van der Waals surface area contributed by atoms with Gasteiger partial charge in [0.15, 0.2) is 0 Å². The van der Waals surface area contributed by atoms with Crippen LogP contribution in [0.2, 0.25) is 0 Å². The fraction of sp³-hybridized carbons (Fsp3) is 0.381. The molecule has 1 N–H and O–H groups in total. The number of fused-ring (bicyclic) bond motifs is 1. The van der Waals surface area contributed by atoms with Gasteiger partial charge in [0.1, 0.15) is 21.9 Å². The summed E-state index contributed by atoms with van der Waals surface area (Å²) in [6, 6.07) is 6.26. The van der Waals surface area contributed by atoms with Crippen molar-refractivity contribution in [3.05, 3.63) is 46.1 Å². The third kappa shape index (κ3) is 3.95. The molecule has 0 aliphatic heterocycles. The molecule has 5 nitrogen and oxygen atoms in total. The fourth-order valence-electron chi connectivity index (χ4n) is 2.99. The summed E-state index contributed by atoms with van der Waals surface area (Å²) in [6.07, 6.45) is 2.46. The molecule has 0 saturated heterocycles. The first-order valence-electron chi connectivity index (χ1n) is 9.19. The van der Waals surface area contributed by atoms with E-state index in [4.69, 9.17) is 4.74 Å². The Morgan fingerprint density at radius 3 is 2.74 bits per heavy atom. The summed E-state index contributed by atoms with van der Waals surface area (Å²) in [5.41, 5.74) is 4.31. The van der Waals surface area contributed by atoms with Crippen molar-refractivity contribution in [2.75, 3.05) is 11.9 Å². The van der Waals surface area contributed by atoms with E-state index in [2.05, 4.69) is 47.3 Å². The van der Waals surface area contributed by atoms with E-state index >= 15 is 0 Å². The van der Waals surface area contributed by atoms with Crippen LogP contribution in [-0.4, -0.2) is 22.5 Å². The van der Waals surface area contributed by atoms with Gasteiger partial charge in [-0.1, -0.05) is 39.0 Å². The van der Waals surface area contributed by atoms with E-state index in [0.29, 0.717) is 17.4 Å². The van der Waals surface area contributed by atoms with Crippen molar-refractivity contribution < 1.29 is 9.53 Å². The maximum Gasteiger partial charge on any atom is 0.348 e. The first-order chi connectivity index (χ1) is 12.9. The van der Waals surface area contributed by atoms with Crippen molar-refractivity contribution in [3.63, 3.8) is 0 Å². The van der Waals surface area contributed by atoms with Crippen LogP contribution >= 0.6 is 11.3 Å². The second-order valence-electron chi connectivity index (χ2n) is 7.04. The molecule has 3 rings (SSSR count). The molecule has 2 aromatic heterocycles. The lowest BCUT2D eigenvalue weighted by molar-refractivity contribution is 0.0464. The molecule has 142 valence electrons. The molecule has 0 bridgehead atoms. The average molecular weight is 384 g/mol. The molecule has 0 atom stereocenters. The van der Waals surface area contributed by atoms with Gasteiger partial charge in [0, 0.05) is 5.69 Å². The van der Waals surface area contributed by atoms with Gasteiger partial charge < -0.3 is 10.1 Å². The van der Waals surface area contributed by atoms with E-state index in [9.17, 15) is 4.79 Å². The van der Waals surface area contributed by atoms with Gasteiger partial charge >= 0.3 is 5.97 Å². The van der Waals surface area contributed by atoms with Crippen molar-refractivity contribution in [3.8, 4) is 0 Å². The van der Waals surface area contributed by atoms with E-state index in [1.165, 1.54) is 23.2 Å². The number of hydrogen-bond donors (Lipinski definition) is 1. The summed E-state index contributed by atoms with van der Waals surface area (Å²) in [5, 5.41) is 4.36. The lowest BCUT2D eigenvalue weighted by atomic mass is 10.1. The number of aromatic nitrogens is 2. The number of nitrogens with zero attached hydrogens (tertiary/aromatic N) is 2. The second kappa shape index (κ2) is 8.05. The topological polar surface area (TPSA) is 64.1 Å². The number of nitrogens with one attached hydrogen (secondary N) is 1. The summed E-state index contributed by atoms with van der Waals surface area (Å²) >= 11 is 1.36. The minimum absolute atomic E-state index is 0.291. The van der Waals surface area contributed by atoms with Crippen LogP contribution in [0.15, 0.2) is 24.5 Å². The number of carbonyl (C=O) groups excluding carboxylic acids is 1.